The van der Waals surface area contributed by atoms with Crippen LogP contribution in [0.5, 0.6) is 0 Å². The molecule has 1 aromatic carbocycles. The Morgan fingerprint density at radius 1 is 1.21 bits per heavy atom. The van der Waals surface area contributed by atoms with E-state index < -0.39 is 0 Å². The minimum atomic E-state index is 0.174. The van der Waals surface area contributed by atoms with Crippen LogP contribution in [-0.2, 0) is 6.54 Å². The van der Waals surface area contributed by atoms with Gasteiger partial charge in [-0.3, -0.25) is 4.98 Å². The third-order valence-corrected chi connectivity index (χ3v) is 3.28. The van der Waals surface area contributed by atoms with Gasteiger partial charge in [-0.2, -0.15) is 0 Å². The lowest BCUT2D eigenvalue weighted by molar-refractivity contribution is 0.223. The predicted octanol–water partition coefficient (Wildman–Crippen LogP) is 2.73. The van der Waals surface area contributed by atoms with Crippen molar-refractivity contribution >= 4 is 10.8 Å². The number of nitrogens with zero attached hydrogens (tertiary/aromatic N) is 1. The zero-order chi connectivity index (χ0) is 13.7. The summed E-state index contributed by atoms with van der Waals surface area (Å²) in [7, 11) is 0. The molecule has 2 N–H and O–H groups in total. The van der Waals surface area contributed by atoms with Crippen LogP contribution in [0, 0.1) is 5.92 Å². The van der Waals surface area contributed by atoms with Crippen molar-refractivity contribution < 1.29 is 5.11 Å². The minimum Gasteiger partial charge on any atom is -0.395 e. The van der Waals surface area contributed by atoms with Gasteiger partial charge in [0.05, 0.1) is 6.61 Å². The number of aliphatic hydroxyl groups excluding tert-OH is 1. The van der Waals surface area contributed by atoms with Crippen LogP contribution in [0.3, 0.4) is 0 Å². The number of nitrogens with one attached hydrogen (secondary N) is 1. The minimum absolute atomic E-state index is 0.174. The molecule has 0 amide bonds. The van der Waals surface area contributed by atoms with E-state index in [-0.39, 0.29) is 12.6 Å². The first kappa shape index (κ1) is 14.0. The summed E-state index contributed by atoms with van der Waals surface area (Å²) in [4.78, 5) is 4.11. The lowest BCUT2D eigenvalue weighted by Gasteiger charge is -2.18. The first-order chi connectivity index (χ1) is 9.19. The van der Waals surface area contributed by atoms with Gasteiger partial charge in [-0.15, -0.1) is 0 Å². The molecule has 0 aliphatic heterocycles. The lowest BCUT2D eigenvalue weighted by atomic mass is 10.0. The Hall–Kier alpha value is -1.45. The summed E-state index contributed by atoms with van der Waals surface area (Å²) < 4.78 is 0. The topological polar surface area (TPSA) is 45.1 Å². The molecular formula is C16H22N2O. The number of rotatable bonds is 6. The van der Waals surface area contributed by atoms with Gasteiger partial charge < -0.3 is 10.4 Å². The maximum absolute atomic E-state index is 9.35. The average molecular weight is 258 g/mol. The van der Waals surface area contributed by atoms with Gasteiger partial charge in [-0.25, -0.2) is 0 Å². The van der Waals surface area contributed by atoms with Crippen LogP contribution in [0.1, 0.15) is 25.8 Å². The van der Waals surface area contributed by atoms with E-state index in [0.29, 0.717) is 5.92 Å². The first-order valence-electron chi connectivity index (χ1n) is 6.86. The molecule has 1 heterocycles. The highest BCUT2D eigenvalue weighted by atomic mass is 16.3. The standard InChI is InChI=1S/C16H22N2O/c1-12(2)7-16(11-19)18-9-13-3-4-15-10-17-6-5-14(15)8-13/h3-6,8,10,12,16,18-19H,7,9,11H2,1-2H3. The molecule has 0 saturated heterocycles. The molecule has 19 heavy (non-hydrogen) atoms. The summed E-state index contributed by atoms with van der Waals surface area (Å²) in [6.45, 7) is 5.33. The second-order valence-electron chi connectivity index (χ2n) is 5.45. The number of benzene rings is 1. The molecule has 0 bridgehead atoms. The Morgan fingerprint density at radius 3 is 2.79 bits per heavy atom. The molecular weight excluding hydrogens is 236 g/mol. The number of hydrogen-bond donors (Lipinski definition) is 2. The van der Waals surface area contributed by atoms with E-state index in [1.807, 2.05) is 18.5 Å². The SMILES string of the molecule is CC(C)CC(CO)NCc1ccc2cnccc2c1. The molecule has 0 radical (unpaired) electrons. The Balaban J connectivity index is 2.00. The molecule has 1 atom stereocenters. The fourth-order valence-electron chi connectivity index (χ4n) is 2.30. The molecule has 1 aromatic heterocycles. The zero-order valence-electron chi connectivity index (χ0n) is 11.6. The van der Waals surface area contributed by atoms with Gasteiger partial charge in [0.2, 0.25) is 0 Å². The summed E-state index contributed by atoms with van der Waals surface area (Å²) >= 11 is 0. The van der Waals surface area contributed by atoms with Gasteiger partial charge >= 0.3 is 0 Å². The number of aromatic nitrogens is 1. The lowest BCUT2D eigenvalue weighted by Crippen LogP contribution is -2.33. The van der Waals surface area contributed by atoms with Crippen molar-refractivity contribution in [2.45, 2.75) is 32.9 Å². The van der Waals surface area contributed by atoms with Crippen molar-refractivity contribution in [3.63, 3.8) is 0 Å². The molecule has 3 heteroatoms. The molecule has 3 nitrogen and oxygen atoms in total. The Bertz CT molecular complexity index is 525. The van der Waals surface area contributed by atoms with E-state index in [2.05, 4.69) is 42.3 Å². The van der Waals surface area contributed by atoms with Gasteiger partial charge in [0.1, 0.15) is 0 Å². The summed E-state index contributed by atoms with van der Waals surface area (Å²) in [5, 5.41) is 15.1. The molecule has 0 aliphatic rings. The van der Waals surface area contributed by atoms with E-state index >= 15 is 0 Å². The molecule has 102 valence electrons. The van der Waals surface area contributed by atoms with Gasteiger partial charge in [-0.1, -0.05) is 26.0 Å². The maximum Gasteiger partial charge on any atom is 0.0584 e. The third kappa shape index (κ3) is 4.01. The van der Waals surface area contributed by atoms with Crippen molar-refractivity contribution in [1.82, 2.24) is 10.3 Å². The van der Waals surface area contributed by atoms with Gasteiger partial charge in [0, 0.05) is 30.4 Å². The summed E-state index contributed by atoms with van der Waals surface area (Å²) in [5.74, 6) is 0.590. The Labute approximate surface area is 114 Å². The van der Waals surface area contributed by atoms with Crippen LogP contribution in [0.25, 0.3) is 10.8 Å². The normalized spacial score (nSPS) is 13.1. The first-order valence-corrected chi connectivity index (χ1v) is 6.86. The average Bonchev–Trinajstić information content (AvgIpc) is 2.42. The molecule has 0 aliphatic carbocycles. The Morgan fingerprint density at radius 2 is 2.05 bits per heavy atom. The van der Waals surface area contributed by atoms with Crippen LogP contribution < -0.4 is 5.32 Å². The van der Waals surface area contributed by atoms with Gasteiger partial charge in [0.15, 0.2) is 0 Å². The van der Waals surface area contributed by atoms with Crippen molar-refractivity contribution in [3.8, 4) is 0 Å². The highest BCUT2D eigenvalue weighted by Gasteiger charge is 2.09. The second-order valence-corrected chi connectivity index (χ2v) is 5.45. The highest BCUT2D eigenvalue weighted by Crippen LogP contribution is 2.14. The molecule has 0 saturated carbocycles. The number of aliphatic hydroxyl groups is 1. The van der Waals surface area contributed by atoms with Crippen LogP contribution in [0.2, 0.25) is 0 Å². The highest BCUT2D eigenvalue weighted by molar-refractivity contribution is 5.81. The number of fused-ring (bicyclic) bond motifs is 1. The summed E-state index contributed by atoms with van der Waals surface area (Å²) in [6.07, 6.45) is 4.69. The number of hydrogen-bond acceptors (Lipinski definition) is 3. The van der Waals surface area contributed by atoms with Crippen LogP contribution >= 0.6 is 0 Å². The maximum atomic E-state index is 9.35. The van der Waals surface area contributed by atoms with Gasteiger partial charge in [0.25, 0.3) is 0 Å². The van der Waals surface area contributed by atoms with Crippen molar-refractivity contribution in [2.24, 2.45) is 5.92 Å². The van der Waals surface area contributed by atoms with E-state index in [1.54, 1.807) is 0 Å². The molecule has 2 aromatic rings. The molecule has 0 fully saturated rings. The Kier molecular flexibility index (Phi) is 4.88. The van der Waals surface area contributed by atoms with Crippen molar-refractivity contribution in [1.29, 1.82) is 0 Å². The molecule has 2 rings (SSSR count). The molecule has 1 unspecified atom stereocenters. The van der Waals surface area contributed by atoms with E-state index in [0.717, 1.165) is 18.4 Å². The van der Waals surface area contributed by atoms with Crippen LogP contribution in [-0.4, -0.2) is 22.7 Å². The number of pyridine rings is 1. The van der Waals surface area contributed by atoms with Gasteiger partial charge in [-0.05, 0) is 35.4 Å². The fourth-order valence-corrected chi connectivity index (χ4v) is 2.30. The van der Waals surface area contributed by atoms with Crippen molar-refractivity contribution in [3.05, 3.63) is 42.2 Å². The monoisotopic (exact) mass is 258 g/mol. The van der Waals surface area contributed by atoms with Crippen LogP contribution in [0.4, 0.5) is 0 Å². The van der Waals surface area contributed by atoms with E-state index in [1.165, 1.54) is 10.9 Å². The summed E-state index contributed by atoms with van der Waals surface area (Å²) in [6, 6.07) is 8.58. The third-order valence-electron chi connectivity index (χ3n) is 3.28. The van der Waals surface area contributed by atoms with Crippen LogP contribution in [0.15, 0.2) is 36.7 Å². The second kappa shape index (κ2) is 6.64. The zero-order valence-corrected chi connectivity index (χ0v) is 11.6. The fraction of sp³-hybridized carbons (Fsp3) is 0.438. The smallest absolute Gasteiger partial charge is 0.0584 e. The van der Waals surface area contributed by atoms with E-state index in [4.69, 9.17) is 0 Å². The molecule has 0 spiro atoms. The quantitative estimate of drug-likeness (QED) is 0.837. The van der Waals surface area contributed by atoms with Crippen molar-refractivity contribution in [2.75, 3.05) is 6.61 Å². The largest absolute Gasteiger partial charge is 0.395 e. The summed E-state index contributed by atoms with van der Waals surface area (Å²) in [5.41, 5.74) is 1.24. The van der Waals surface area contributed by atoms with E-state index in [9.17, 15) is 5.11 Å². The predicted molar refractivity (Wildman–Crippen MR) is 78.9 cm³/mol.